The highest BCUT2D eigenvalue weighted by molar-refractivity contribution is 5.77. The van der Waals surface area contributed by atoms with Crippen molar-refractivity contribution in [2.45, 2.75) is 13.5 Å². The molecule has 5 heteroatoms. The third-order valence-electron chi connectivity index (χ3n) is 2.28. The van der Waals surface area contributed by atoms with Gasteiger partial charge in [-0.3, -0.25) is 4.79 Å². The Morgan fingerprint density at radius 2 is 2.06 bits per heavy atom. The summed E-state index contributed by atoms with van der Waals surface area (Å²) in [6.45, 7) is 2.52. The predicted octanol–water partition coefficient (Wildman–Crippen LogP) is 0.535. The van der Waals surface area contributed by atoms with Crippen molar-refractivity contribution in [3.8, 4) is 0 Å². The molecule has 5 nitrogen and oxygen atoms in total. The van der Waals surface area contributed by atoms with E-state index in [4.69, 9.17) is 0 Å². The smallest absolute Gasteiger partial charge is 0.306 e. The normalized spacial score (nSPS) is 10.8. The van der Waals surface area contributed by atoms with E-state index in [9.17, 15) is 9.59 Å². The molecule has 1 heterocycles. The van der Waals surface area contributed by atoms with E-state index in [0.717, 1.165) is 16.6 Å². The Morgan fingerprint density at radius 3 is 2.81 bits per heavy atom. The van der Waals surface area contributed by atoms with Crippen molar-refractivity contribution in [3.05, 3.63) is 34.2 Å². The van der Waals surface area contributed by atoms with Crippen LogP contribution in [0.4, 0.5) is 0 Å². The number of fused-ring (bicyclic) bond motifs is 1. The van der Waals surface area contributed by atoms with Crippen molar-refractivity contribution in [2.24, 2.45) is 0 Å². The summed E-state index contributed by atoms with van der Waals surface area (Å²) in [5.74, 6) is 0.108. The minimum absolute atomic E-state index is 0.108. The van der Waals surface area contributed by atoms with E-state index in [2.05, 4.69) is 15.3 Å². The lowest BCUT2D eigenvalue weighted by Gasteiger charge is -2.02. The molecule has 0 saturated heterocycles. The van der Waals surface area contributed by atoms with E-state index in [0.29, 0.717) is 13.1 Å². The SMILES string of the molecule is CC(=O)CNCc1ccc2[nH]c(=O)[nH]c2c1. The molecule has 0 aliphatic rings. The number of carbonyl (C=O) groups is 1. The van der Waals surface area contributed by atoms with E-state index in [1.165, 1.54) is 0 Å². The summed E-state index contributed by atoms with van der Waals surface area (Å²) >= 11 is 0. The molecule has 0 aliphatic heterocycles. The zero-order valence-electron chi connectivity index (χ0n) is 8.96. The van der Waals surface area contributed by atoms with Crippen molar-refractivity contribution in [1.82, 2.24) is 15.3 Å². The largest absolute Gasteiger partial charge is 0.323 e. The van der Waals surface area contributed by atoms with Crippen LogP contribution >= 0.6 is 0 Å². The first-order valence-electron chi connectivity index (χ1n) is 5.06. The molecule has 0 aliphatic carbocycles. The number of hydrogen-bond acceptors (Lipinski definition) is 3. The molecule has 1 aromatic carbocycles. The molecule has 0 atom stereocenters. The zero-order valence-corrected chi connectivity index (χ0v) is 8.96. The molecule has 0 radical (unpaired) electrons. The van der Waals surface area contributed by atoms with Crippen LogP contribution in [0.1, 0.15) is 12.5 Å². The predicted molar refractivity (Wildman–Crippen MR) is 61.3 cm³/mol. The van der Waals surface area contributed by atoms with E-state index in [1.807, 2.05) is 18.2 Å². The van der Waals surface area contributed by atoms with Crippen LogP contribution in [0.5, 0.6) is 0 Å². The average Bonchev–Trinajstić information content (AvgIpc) is 2.56. The second-order valence-electron chi connectivity index (χ2n) is 3.76. The fourth-order valence-electron chi connectivity index (χ4n) is 1.57. The molecule has 3 N–H and O–H groups in total. The first kappa shape index (κ1) is 10.6. The summed E-state index contributed by atoms with van der Waals surface area (Å²) in [7, 11) is 0. The van der Waals surface area contributed by atoms with E-state index >= 15 is 0 Å². The number of nitrogens with one attached hydrogen (secondary N) is 3. The number of aromatic nitrogens is 2. The summed E-state index contributed by atoms with van der Waals surface area (Å²) in [6.07, 6.45) is 0. The van der Waals surface area contributed by atoms with Crippen LogP contribution in [0, 0.1) is 0 Å². The van der Waals surface area contributed by atoms with Gasteiger partial charge in [0.15, 0.2) is 0 Å². The second-order valence-corrected chi connectivity index (χ2v) is 3.76. The fraction of sp³-hybridized carbons (Fsp3) is 0.273. The highest BCUT2D eigenvalue weighted by atomic mass is 16.1. The lowest BCUT2D eigenvalue weighted by atomic mass is 10.2. The lowest BCUT2D eigenvalue weighted by molar-refractivity contribution is -0.116. The molecule has 2 aromatic rings. The molecule has 2 rings (SSSR count). The highest BCUT2D eigenvalue weighted by Gasteiger charge is 2.00. The fourth-order valence-corrected chi connectivity index (χ4v) is 1.57. The summed E-state index contributed by atoms with van der Waals surface area (Å²) in [6, 6.07) is 5.65. The van der Waals surface area contributed by atoms with Gasteiger partial charge in [0.05, 0.1) is 17.6 Å². The third kappa shape index (κ3) is 2.38. The van der Waals surface area contributed by atoms with Gasteiger partial charge in [-0.05, 0) is 24.6 Å². The van der Waals surface area contributed by atoms with Gasteiger partial charge in [-0.2, -0.15) is 0 Å². The topological polar surface area (TPSA) is 77.8 Å². The quantitative estimate of drug-likeness (QED) is 0.702. The van der Waals surface area contributed by atoms with Crippen molar-refractivity contribution >= 4 is 16.8 Å². The second kappa shape index (κ2) is 4.32. The van der Waals surface area contributed by atoms with E-state index in [-0.39, 0.29) is 11.5 Å². The minimum atomic E-state index is -0.205. The molecule has 0 amide bonds. The van der Waals surface area contributed by atoms with Crippen LogP contribution < -0.4 is 11.0 Å². The lowest BCUT2D eigenvalue weighted by Crippen LogP contribution is -2.20. The van der Waals surface area contributed by atoms with Gasteiger partial charge in [0.25, 0.3) is 0 Å². The van der Waals surface area contributed by atoms with Gasteiger partial charge in [-0.1, -0.05) is 6.07 Å². The Morgan fingerprint density at radius 1 is 1.31 bits per heavy atom. The molecule has 0 unspecified atom stereocenters. The van der Waals surface area contributed by atoms with Gasteiger partial charge in [0.2, 0.25) is 0 Å². The molecule has 0 bridgehead atoms. The number of Topliss-reactive ketones (excluding diaryl/α,β-unsaturated/α-hetero) is 1. The molecule has 0 fully saturated rings. The molecule has 16 heavy (non-hydrogen) atoms. The number of aromatic amines is 2. The highest BCUT2D eigenvalue weighted by Crippen LogP contribution is 2.09. The number of benzene rings is 1. The average molecular weight is 219 g/mol. The van der Waals surface area contributed by atoms with Crippen molar-refractivity contribution in [1.29, 1.82) is 0 Å². The van der Waals surface area contributed by atoms with Crippen molar-refractivity contribution in [2.75, 3.05) is 6.54 Å². The summed E-state index contributed by atoms with van der Waals surface area (Å²) in [5, 5.41) is 3.02. The maximum absolute atomic E-state index is 11.0. The number of H-pyrrole nitrogens is 2. The van der Waals surface area contributed by atoms with Gasteiger partial charge < -0.3 is 15.3 Å². The maximum atomic E-state index is 11.0. The van der Waals surface area contributed by atoms with Gasteiger partial charge in [0, 0.05) is 6.54 Å². The Hall–Kier alpha value is -1.88. The molecule has 0 spiro atoms. The molecule has 84 valence electrons. The molecular weight excluding hydrogens is 206 g/mol. The summed E-state index contributed by atoms with van der Waals surface area (Å²) in [4.78, 5) is 27.1. The third-order valence-corrected chi connectivity index (χ3v) is 2.28. The van der Waals surface area contributed by atoms with Crippen molar-refractivity contribution in [3.63, 3.8) is 0 Å². The zero-order chi connectivity index (χ0) is 11.5. The standard InChI is InChI=1S/C11H13N3O2/c1-7(15)5-12-6-8-2-3-9-10(4-8)14-11(16)13-9/h2-4,12H,5-6H2,1H3,(H2,13,14,16). The van der Waals surface area contributed by atoms with E-state index in [1.54, 1.807) is 6.92 Å². The maximum Gasteiger partial charge on any atom is 0.323 e. The number of rotatable bonds is 4. The summed E-state index contributed by atoms with van der Waals surface area (Å²) in [5.41, 5.74) is 2.40. The Bertz CT molecular complexity index is 568. The van der Waals surface area contributed by atoms with Crippen LogP contribution in [-0.4, -0.2) is 22.3 Å². The number of carbonyl (C=O) groups excluding carboxylic acids is 1. The van der Waals surface area contributed by atoms with Gasteiger partial charge in [0.1, 0.15) is 5.78 Å². The van der Waals surface area contributed by atoms with Crippen LogP contribution in [0.25, 0.3) is 11.0 Å². The Labute approximate surface area is 91.9 Å². The number of hydrogen-bond donors (Lipinski definition) is 3. The summed E-state index contributed by atoms with van der Waals surface area (Å²) < 4.78 is 0. The van der Waals surface area contributed by atoms with E-state index < -0.39 is 0 Å². The van der Waals surface area contributed by atoms with Gasteiger partial charge in [-0.25, -0.2) is 4.79 Å². The minimum Gasteiger partial charge on any atom is -0.306 e. The van der Waals surface area contributed by atoms with Crippen LogP contribution in [0.15, 0.2) is 23.0 Å². The monoisotopic (exact) mass is 219 g/mol. The number of ketones is 1. The van der Waals surface area contributed by atoms with Crippen LogP contribution in [-0.2, 0) is 11.3 Å². The van der Waals surface area contributed by atoms with Gasteiger partial charge >= 0.3 is 5.69 Å². The van der Waals surface area contributed by atoms with Crippen LogP contribution in [0.3, 0.4) is 0 Å². The molecule has 1 aromatic heterocycles. The Kier molecular flexibility index (Phi) is 2.87. The van der Waals surface area contributed by atoms with Crippen molar-refractivity contribution < 1.29 is 4.79 Å². The number of imidazole rings is 1. The van der Waals surface area contributed by atoms with Gasteiger partial charge in [-0.15, -0.1) is 0 Å². The Balaban J connectivity index is 2.13. The molecule has 0 saturated carbocycles. The van der Waals surface area contributed by atoms with Crippen LogP contribution in [0.2, 0.25) is 0 Å². The first-order valence-corrected chi connectivity index (χ1v) is 5.06. The molecular formula is C11H13N3O2. The first-order chi connectivity index (χ1) is 7.65.